The lowest BCUT2D eigenvalue weighted by Gasteiger charge is -2.13. The first-order chi connectivity index (χ1) is 14.9. The third kappa shape index (κ3) is 4.25. The van der Waals surface area contributed by atoms with Gasteiger partial charge in [-0.3, -0.25) is 14.7 Å². The van der Waals surface area contributed by atoms with E-state index in [4.69, 9.17) is 9.47 Å². The van der Waals surface area contributed by atoms with Gasteiger partial charge in [-0.1, -0.05) is 0 Å². The van der Waals surface area contributed by atoms with Gasteiger partial charge in [-0.2, -0.15) is 0 Å². The monoisotopic (exact) mass is 419 g/mol. The fraction of sp³-hybridized carbons (Fsp3) is 0.182. The molecule has 0 aliphatic rings. The summed E-state index contributed by atoms with van der Waals surface area (Å²) in [4.78, 5) is 33.1. The van der Waals surface area contributed by atoms with Crippen LogP contribution < -0.4 is 20.3 Å². The number of aromatic amines is 1. The Hall–Kier alpha value is -4.14. The molecule has 4 aromatic rings. The van der Waals surface area contributed by atoms with E-state index in [-0.39, 0.29) is 23.8 Å². The van der Waals surface area contributed by atoms with E-state index in [9.17, 15) is 9.59 Å². The quantitative estimate of drug-likeness (QED) is 0.497. The summed E-state index contributed by atoms with van der Waals surface area (Å²) in [6.07, 6.45) is 1.67. The van der Waals surface area contributed by atoms with Crippen molar-refractivity contribution in [2.24, 2.45) is 0 Å². The fourth-order valence-electron chi connectivity index (χ4n) is 3.29. The minimum atomic E-state index is -0.255. The van der Waals surface area contributed by atoms with Gasteiger partial charge in [0.05, 0.1) is 13.5 Å². The van der Waals surface area contributed by atoms with E-state index in [2.05, 4.69) is 20.4 Å². The lowest BCUT2D eigenvalue weighted by molar-refractivity contribution is -0.115. The molecule has 0 saturated heterocycles. The van der Waals surface area contributed by atoms with Crippen molar-refractivity contribution in [3.63, 3.8) is 0 Å². The van der Waals surface area contributed by atoms with E-state index < -0.39 is 0 Å². The standard InChI is InChI=1S/C22H21N5O4/c1-13-17(14(2)27-19(24-13)12-21(29)26-27)11-20(28)25-18-5-4-10-23-22(18)31-16-8-6-15(30-3)7-9-16/h4-10,12H,11H2,1-3H3,(H,25,28)(H,26,29). The topological polar surface area (TPSA) is 111 Å². The van der Waals surface area contributed by atoms with Crippen LogP contribution in [0, 0.1) is 13.8 Å². The largest absolute Gasteiger partial charge is 0.497 e. The van der Waals surface area contributed by atoms with Gasteiger partial charge in [-0.25, -0.2) is 14.5 Å². The number of carbonyl (C=O) groups excluding carboxylic acids is 1. The van der Waals surface area contributed by atoms with Gasteiger partial charge in [0.25, 0.3) is 5.56 Å². The van der Waals surface area contributed by atoms with E-state index in [0.717, 1.165) is 11.3 Å². The van der Waals surface area contributed by atoms with Crippen LogP contribution in [0.5, 0.6) is 17.4 Å². The first kappa shape index (κ1) is 20.1. The Morgan fingerprint density at radius 3 is 2.65 bits per heavy atom. The zero-order chi connectivity index (χ0) is 22.0. The Morgan fingerprint density at radius 1 is 1.16 bits per heavy atom. The third-order valence-electron chi connectivity index (χ3n) is 4.86. The van der Waals surface area contributed by atoms with Crippen molar-refractivity contribution in [2.75, 3.05) is 12.4 Å². The van der Waals surface area contributed by atoms with E-state index in [1.165, 1.54) is 6.07 Å². The summed E-state index contributed by atoms with van der Waals surface area (Å²) >= 11 is 0. The van der Waals surface area contributed by atoms with Crippen molar-refractivity contribution in [2.45, 2.75) is 20.3 Å². The number of fused-ring (bicyclic) bond motifs is 1. The number of aryl methyl sites for hydroxylation is 2. The van der Waals surface area contributed by atoms with Gasteiger partial charge in [0.15, 0.2) is 5.65 Å². The van der Waals surface area contributed by atoms with Gasteiger partial charge in [0.2, 0.25) is 11.8 Å². The van der Waals surface area contributed by atoms with Crippen LogP contribution in [0.4, 0.5) is 5.69 Å². The van der Waals surface area contributed by atoms with Crippen molar-refractivity contribution in [3.8, 4) is 17.4 Å². The average Bonchev–Trinajstić information content (AvgIpc) is 3.13. The van der Waals surface area contributed by atoms with Crippen molar-refractivity contribution >= 4 is 17.2 Å². The number of H-pyrrole nitrogens is 1. The van der Waals surface area contributed by atoms with Crippen LogP contribution in [-0.4, -0.2) is 32.6 Å². The molecule has 158 valence electrons. The highest BCUT2D eigenvalue weighted by Crippen LogP contribution is 2.28. The van der Waals surface area contributed by atoms with Crippen LogP contribution in [0.1, 0.15) is 17.0 Å². The van der Waals surface area contributed by atoms with Crippen LogP contribution in [0.3, 0.4) is 0 Å². The molecule has 4 rings (SSSR count). The number of benzene rings is 1. The van der Waals surface area contributed by atoms with Crippen LogP contribution >= 0.6 is 0 Å². The molecule has 0 aliphatic heterocycles. The number of carbonyl (C=O) groups is 1. The summed E-state index contributed by atoms with van der Waals surface area (Å²) in [5.41, 5.74) is 2.90. The number of rotatable bonds is 6. The molecule has 1 amide bonds. The summed E-state index contributed by atoms with van der Waals surface area (Å²) in [5.74, 6) is 1.29. The number of aromatic nitrogens is 4. The summed E-state index contributed by atoms with van der Waals surface area (Å²) < 4.78 is 12.6. The van der Waals surface area contributed by atoms with E-state index in [1.807, 2.05) is 13.8 Å². The Labute approximate surface area is 177 Å². The van der Waals surface area contributed by atoms with E-state index in [0.29, 0.717) is 28.5 Å². The minimum absolute atomic E-state index is 0.0810. The van der Waals surface area contributed by atoms with Crippen LogP contribution in [0.15, 0.2) is 53.5 Å². The molecule has 0 radical (unpaired) electrons. The van der Waals surface area contributed by atoms with Gasteiger partial charge in [-0.15, -0.1) is 0 Å². The SMILES string of the molecule is COc1ccc(Oc2ncccc2NC(=O)Cc2c(C)nc3cc(=O)[nH]n3c2C)cc1. The molecule has 3 aromatic heterocycles. The molecule has 2 N–H and O–H groups in total. The Kier molecular flexibility index (Phi) is 5.40. The smallest absolute Gasteiger partial charge is 0.266 e. The maximum Gasteiger partial charge on any atom is 0.266 e. The molecular formula is C22H21N5O4. The number of pyridine rings is 1. The number of nitrogens with one attached hydrogen (secondary N) is 2. The van der Waals surface area contributed by atoms with E-state index in [1.54, 1.807) is 54.2 Å². The maximum atomic E-state index is 12.8. The first-order valence-electron chi connectivity index (χ1n) is 9.59. The molecule has 0 bridgehead atoms. The summed E-state index contributed by atoms with van der Waals surface area (Å²) in [6, 6.07) is 11.9. The predicted molar refractivity (Wildman–Crippen MR) is 115 cm³/mol. The Bertz CT molecular complexity index is 1310. The van der Waals surface area contributed by atoms with Crippen LogP contribution in [-0.2, 0) is 11.2 Å². The lowest BCUT2D eigenvalue weighted by Crippen LogP contribution is -2.18. The minimum Gasteiger partial charge on any atom is -0.497 e. The molecular weight excluding hydrogens is 398 g/mol. The zero-order valence-electron chi connectivity index (χ0n) is 17.3. The summed E-state index contributed by atoms with van der Waals surface area (Å²) in [6.45, 7) is 3.65. The number of hydrogen-bond acceptors (Lipinski definition) is 6. The van der Waals surface area contributed by atoms with Gasteiger partial charge >= 0.3 is 0 Å². The highest BCUT2D eigenvalue weighted by Gasteiger charge is 2.16. The van der Waals surface area contributed by atoms with Crippen molar-refractivity contribution in [3.05, 3.63) is 76.0 Å². The van der Waals surface area contributed by atoms with E-state index >= 15 is 0 Å². The number of methoxy groups -OCH3 is 1. The highest BCUT2D eigenvalue weighted by molar-refractivity contribution is 5.93. The zero-order valence-corrected chi connectivity index (χ0v) is 17.3. The number of hydrogen-bond donors (Lipinski definition) is 2. The lowest BCUT2D eigenvalue weighted by atomic mass is 10.1. The number of nitrogens with zero attached hydrogens (tertiary/aromatic N) is 3. The summed E-state index contributed by atoms with van der Waals surface area (Å²) in [7, 11) is 1.59. The van der Waals surface area contributed by atoms with Gasteiger partial charge < -0.3 is 14.8 Å². The van der Waals surface area contributed by atoms with Crippen molar-refractivity contribution in [1.29, 1.82) is 0 Å². The average molecular weight is 419 g/mol. The predicted octanol–water partition coefficient (Wildman–Crippen LogP) is 3.02. The molecule has 31 heavy (non-hydrogen) atoms. The second kappa shape index (κ2) is 8.31. The molecule has 0 aliphatic carbocycles. The molecule has 0 fully saturated rings. The second-order valence-electron chi connectivity index (χ2n) is 6.93. The number of anilines is 1. The third-order valence-corrected chi connectivity index (χ3v) is 4.86. The molecule has 3 heterocycles. The van der Waals surface area contributed by atoms with Crippen molar-refractivity contribution in [1.82, 2.24) is 19.6 Å². The first-order valence-corrected chi connectivity index (χ1v) is 9.59. The van der Waals surface area contributed by atoms with Crippen LogP contribution in [0.2, 0.25) is 0 Å². The number of amides is 1. The molecule has 0 unspecified atom stereocenters. The molecule has 0 saturated carbocycles. The molecule has 9 heteroatoms. The fourth-order valence-corrected chi connectivity index (χ4v) is 3.29. The molecule has 9 nitrogen and oxygen atoms in total. The highest BCUT2D eigenvalue weighted by atomic mass is 16.5. The second-order valence-corrected chi connectivity index (χ2v) is 6.93. The van der Waals surface area contributed by atoms with Gasteiger partial charge in [0.1, 0.15) is 17.2 Å². The number of ether oxygens (including phenoxy) is 2. The molecule has 0 atom stereocenters. The van der Waals surface area contributed by atoms with Crippen molar-refractivity contribution < 1.29 is 14.3 Å². The Balaban J connectivity index is 1.54. The molecule has 1 aromatic carbocycles. The normalized spacial score (nSPS) is 10.8. The summed E-state index contributed by atoms with van der Waals surface area (Å²) in [5, 5.41) is 5.54. The van der Waals surface area contributed by atoms with Gasteiger partial charge in [0, 0.05) is 29.2 Å². The molecule has 0 spiro atoms. The van der Waals surface area contributed by atoms with Gasteiger partial charge in [-0.05, 0) is 50.2 Å². The van der Waals surface area contributed by atoms with Crippen LogP contribution in [0.25, 0.3) is 5.65 Å². The maximum absolute atomic E-state index is 12.8. The Morgan fingerprint density at radius 2 is 1.90 bits per heavy atom.